The summed E-state index contributed by atoms with van der Waals surface area (Å²) in [5.41, 5.74) is 0. The zero-order chi connectivity index (χ0) is 11.5. The Kier molecular flexibility index (Phi) is 7.87. The average Bonchev–Trinajstić information content (AvgIpc) is 2.12. The second-order valence-electron chi connectivity index (χ2n) is 2.51. The molecule has 4 atom stereocenters. The number of rotatable bonds is 5. The van der Waals surface area contributed by atoms with Crippen LogP contribution in [0.2, 0.25) is 0 Å². The summed E-state index contributed by atoms with van der Waals surface area (Å²) in [5.74, 6) is -4.22. The van der Waals surface area contributed by atoms with Crippen LogP contribution in [-0.4, -0.2) is 80.7 Å². The Labute approximate surface area is 101 Å². The summed E-state index contributed by atoms with van der Waals surface area (Å²) < 4.78 is 0. The van der Waals surface area contributed by atoms with Crippen molar-refractivity contribution >= 4 is 35.8 Å². The van der Waals surface area contributed by atoms with E-state index < -0.39 is 36.4 Å². The first-order valence-electron chi connectivity index (χ1n) is 3.43. The van der Waals surface area contributed by atoms with Gasteiger partial charge in [0.1, 0.15) is 24.4 Å². The molecular weight excluding hydrogens is 319 g/mol. The number of aliphatic hydroxyl groups excluding tert-OH is 4. The fourth-order valence-corrected chi connectivity index (χ4v) is 0.652. The van der Waals surface area contributed by atoms with Crippen molar-refractivity contribution in [1.82, 2.24) is 0 Å². The van der Waals surface area contributed by atoms with Crippen LogP contribution in [0.15, 0.2) is 0 Å². The molecule has 9 heteroatoms. The standard InChI is InChI=1S/C6H10O8.Sn.2H/c7-1(3(9)5(11)12)2(8)4(10)6(13)14;;;/h1-4,7-10H,(H,11,12)(H,13,14);;;/q;+2;;/p-2/t1-,2-,3-,4+;;;/m0.../s1. The first-order chi connectivity index (χ1) is 6.29. The SMILES string of the molecule is O=C([O-])[C@@H](O)[C@@H](O)[C@H](O)[C@@H](O)C(=O)[O-].[SnH2+2]. The summed E-state index contributed by atoms with van der Waals surface area (Å²) in [7, 11) is 0. The van der Waals surface area contributed by atoms with E-state index in [1.807, 2.05) is 0 Å². The molecule has 0 aromatic rings. The quantitative estimate of drug-likeness (QED) is 0.362. The third-order valence-electron chi connectivity index (χ3n) is 1.48. The van der Waals surface area contributed by atoms with Gasteiger partial charge in [-0.15, -0.1) is 0 Å². The number of aliphatic carboxylic acids is 2. The second kappa shape index (κ2) is 6.95. The predicted molar refractivity (Wildman–Crippen MR) is 42.6 cm³/mol. The molecule has 0 radical (unpaired) electrons. The summed E-state index contributed by atoms with van der Waals surface area (Å²) in [4.78, 5) is 19.9. The topological polar surface area (TPSA) is 161 Å². The molecule has 0 heterocycles. The second-order valence-corrected chi connectivity index (χ2v) is 2.51. The Balaban J connectivity index is 0. The van der Waals surface area contributed by atoms with Crippen molar-refractivity contribution in [2.24, 2.45) is 0 Å². The predicted octanol–water partition coefficient (Wildman–Crippen LogP) is -6.99. The molecule has 0 saturated carbocycles. The monoisotopic (exact) mass is 330 g/mol. The molecule has 0 spiro atoms. The van der Waals surface area contributed by atoms with Gasteiger partial charge in [-0.2, -0.15) is 0 Å². The van der Waals surface area contributed by atoms with E-state index in [0.29, 0.717) is 0 Å². The van der Waals surface area contributed by atoms with Gasteiger partial charge in [-0.25, -0.2) is 0 Å². The van der Waals surface area contributed by atoms with E-state index in [4.69, 9.17) is 20.4 Å². The van der Waals surface area contributed by atoms with Crippen LogP contribution in [0.3, 0.4) is 0 Å². The molecule has 8 nitrogen and oxygen atoms in total. The number of carbonyl (C=O) groups is 2. The minimum atomic E-state index is -2.50. The van der Waals surface area contributed by atoms with Gasteiger partial charge in [0.15, 0.2) is 0 Å². The van der Waals surface area contributed by atoms with E-state index in [-0.39, 0.29) is 23.9 Å². The van der Waals surface area contributed by atoms with Crippen molar-refractivity contribution in [3.63, 3.8) is 0 Å². The number of hydrogen-bond donors (Lipinski definition) is 4. The Bertz CT molecular complexity index is 207. The molecule has 0 aliphatic carbocycles. The van der Waals surface area contributed by atoms with E-state index in [2.05, 4.69) is 0 Å². The third-order valence-corrected chi connectivity index (χ3v) is 1.48. The number of carboxylic acid groups (broad SMARTS) is 2. The van der Waals surface area contributed by atoms with Gasteiger partial charge >= 0.3 is 23.9 Å². The van der Waals surface area contributed by atoms with Gasteiger partial charge in [0.25, 0.3) is 0 Å². The molecule has 86 valence electrons. The van der Waals surface area contributed by atoms with Crippen LogP contribution >= 0.6 is 0 Å². The van der Waals surface area contributed by atoms with Crippen LogP contribution in [0, 0.1) is 0 Å². The van der Waals surface area contributed by atoms with Gasteiger partial charge in [0.05, 0.1) is 11.9 Å². The number of aliphatic hydroxyl groups is 4. The van der Waals surface area contributed by atoms with Gasteiger partial charge in [-0.05, 0) is 0 Å². The fourth-order valence-electron chi connectivity index (χ4n) is 0.652. The first kappa shape index (κ1) is 17.0. The minimum absolute atomic E-state index is 0. The van der Waals surface area contributed by atoms with Crippen LogP contribution in [0.25, 0.3) is 0 Å². The van der Waals surface area contributed by atoms with E-state index in [0.717, 1.165) is 0 Å². The van der Waals surface area contributed by atoms with Gasteiger partial charge in [-0.3, -0.25) is 0 Å². The zero-order valence-electron chi connectivity index (χ0n) is 7.44. The van der Waals surface area contributed by atoms with Crippen molar-refractivity contribution in [3.05, 3.63) is 0 Å². The van der Waals surface area contributed by atoms with E-state index in [1.165, 1.54) is 0 Å². The molecular formula is C6H10O8Sn. The van der Waals surface area contributed by atoms with Crippen molar-refractivity contribution in [1.29, 1.82) is 0 Å². The van der Waals surface area contributed by atoms with Crippen molar-refractivity contribution < 1.29 is 40.2 Å². The molecule has 0 aliphatic heterocycles. The van der Waals surface area contributed by atoms with Crippen LogP contribution < -0.4 is 10.2 Å². The Hall–Kier alpha value is -0.421. The summed E-state index contributed by atoms with van der Waals surface area (Å²) in [6, 6.07) is 0. The molecule has 0 rings (SSSR count). The molecule has 0 amide bonds. The summed E-state index contributed by atoms with van der Waals surface area (Å²) in [6.45, 7) is 0. The molecule has 0 aliphatic rings. The van der Waals surface area contributed by atoms with Crippen molar-refractivity contribution in [3.8, 4) is 0 Å². The summed E-state index contributed by atoms with van der Waals surface area (Å²) in [5, 5.41) is 54.7. The van der Waals surface area contributed by atoms with Gasteiger partial charge in [0, 0.05) is 0 Å². The molecule has 0 fully saturated rings. The molecule has 0 aromatic heterocycles. The maximum absolute atomic E-state index is 9.96. The Morgan fingerprint density at radius 2 is 1.00 bits per heavy atom. The van der Waals surface area contributed by atoms with Crippen molar-refractivity contribution in [2.75, 3.05) is 0 Å². The molecule has 0 bridgehead atoms. The van der Waals surface area contributed by atoms with Crippen LogP contribution in [0.1, 0.15) is 0 Å². The molecule has 0 saturated heterocycles. The van der Waals surface area contributed by atoms with E-state index in [1.54, 1.807) is 0 Å². The normalized spacial score (nSPS) is 18.1. The van der Waals surface area contributed by atoms with Gasteiger partial charge in [0.2, 0.25) is 0 Å². The first-order valence-corrected chi connectivity index (χ1v) is 3.43. The maximum atomic E-state index is 9.96. The molecule has 4 N–H and O–H groups in total. The van der Waals surface area contributed by atoms with E-state index in [9.17, 15) is 19.8 Å². The summed E-state index contributed by atoms with van der Waals surface area (Å²) >= 11 is 0. The van der Waals surface area contributed by atoms with Crippen LogP contribution in [0.5, 0.6) is 0 Å². The van der Waals surface area contributed by atoms with Crippen LogP contribution in [0.4, 0.5) is 0 Å². The number of carbonyl (C=O) groups excluding carboxylic acids is 2. The van der Waals surface area contributed by atoms with E-state index >= 15 is 0 Å². The van der Waals surface area contributed by atoms with Gasteiger partial charge < -0.3 is 40.2 Å². The zero-order valence-corrected chi connectivity index (χ0v) is 11.5. The number of carboxylic acids is 2. The van der Waals surface area contributed by atoms with Gasteiger partial charge in [-0.1, -0.05) is 0 Å². The fraction of sp³-hybridized carbons (Fsp3) is 0.667. The number of hydrogen-bond acceptors (Lipinski definition) is 8. The third kappa shape index (κ3) is 4.75. The molecule has 0 aromatic carbocycles. The summed E-state index contributed by atoms with van der Waals surface area (Å²) in [6.07, 6.45) is -9.76. The molecule has 0 unspecified atom stereocenters. The van der Waals surface area contributed by atoms with Crippen molar-refractivity contribution in [2.45, 2.75) is 24.4 Å². The Morgan fingerprint density at radius 1 is 0.800 bits per heavy atom. The Morgan fingerprint density at radius 3 is 1.13 bits per heavy atom. The van der Waals surface area contributed by atoms with Crippen LogP contribution in [-0.2, 0) is 9.59 Å². The molecule has 15 heavy (non-hydrogen) atoms. The average molecular weight is 329 g/mol.